The molecule has 2 aliphatic heterocycles. The summed E-state index contributed by atoms with van der Waals surface area (Å²) in [6.07, 6.45) is 5.54. The largest absolute Gasteiger partial charge is 0.353 e. The van der Waals surface area contributed by atoms with Crippen LogP contribution in [0.2, 0.25) is 0 Å². The fourth-order valence-corrected chi connectivity index (χ4v) is 4.13. The van der Waals surface area contributed by atoms with Gasteiger partial charge < -0.3 is 9.80 Å². The van der Waals surface area contributed by atoms with E-state index in [1.165, 1.54) is 0 Å². The van der Waals surface area contributed by atoms with Crippen molar-refractivity contribution >= 4 is 17.7 Å². The summed E-state index contributed by atoms with van der Waals surface area (Å²) in [5.74, 6) is 0.780. The van der Waals surface area contributed by atoms with Crippen molar-refractivity contribution in [2.24, 2.45) is 10.9 Å². The van der Waals surface area contributed by atoms with Gasteiger partial charge in [0.05, 0.1) is 11.6 Å². The number of hydrogen-bond donors (Lipinski definition) is 1. The van der Waals surface area contributed by atoms with E-state index in [4.69, 9.17) is 4.99 Å². The highest BCUT2D eigenvalue weighted by Crippen LogP contribution is 2.41. The summed E-state index contributed by atoms with van der Waals surface area (Å²) in [5.41, 5.74) is -0.509. The van der Waals surface area contributed by atoms with Gasteiger partial charge in [0.2, 0.25) is 11.9 Å². The Hall–Kier alpha value is -2.62. The number of aliphatic imine (C=N–C) groups is 1. The number of pyridine rings is 1. The molecule has 2 fully saturated rings. The average Bonchev–Trinajstić information content (AvgIpc) is 3.11. The molecule has 1 atom stereocenters. The predicted molar refractivity (Wildman–Crippen MR) is 93.9 cm³/mol. The van der Waals surface area contributed by atoms with Crippen LogP contribution in [0.1, 0.15) is 25.7 Å². The third-order valence-corrected chi connectivity index (χ3v) is 5.51. The van der Waals surface area contributed by atoms with Gasteiger partial charge in [-0.05, 0) is 25.0 Å². The van der Waals surface area contributed by atoms with E-state index >= 15 is 0 Å². The molecule has 1 saturated heterocycles. The summed E-state index contributed by atoms with van der Waals surface area (Å²) in [5, 5.41) is 12.3. The van der Waals surface area contributed by atoms with Crippen LogP contribution in [0.3, 0.4) is 0 Å². The molecule has 1 saturated carbocycles. The monoisotopic (exact) mass is 338 g/mol. The van der Waals surface area contributed by atoms with Crippen LogP contribution in [0.4, 0.5) is 5.82 Å². The molecule has 0 radical (unpaired) electrons. The molecule has 1 aromatic heterocycles. The number of carbonyl (C=O) groups is 1. The average molecular weight is 338 g/mol. The van der Waals surface area contributed by atoms with Crippen LogP contribution < -0.4 is 10.2 Å². The summed E-state index contributed by atoms with van der Waals surface area (Å²) in [6, 6.07) is 8.11. The molecule has 0 bridgehead atoms. The van der Waals surface area contributed by atoms with Crippen LogP contribution in [-0.4, -0.2) is 53.5 Å². The third-order valence-electron chi connectivity index (χ3n) is 5.51. The van der Waals surface area contributed by atoms with Gasteiger partial charge in [-0.25, -0.2) is 9.98 Å². The van der Waals surface area contributed by atoms with Crippen LogP contribution in [0.25, 0.3) is 0 Å². The molecule has 1 N–H and O–H groups in total. The molecule has 0 unspecified atom stereocenters. The molecule has 130 valence electrons. The Morgan fingerprint density at radius 1 is 1.16 bits per heavy atom. The zero-order chi connectivity index (χ0) is 17.3. The summed E-state index contributed by atoms with van der Waals surface area (Å²) >= 11 is 0. The Morgan fingerprint density at radius 2 is 1.88 bits per heavy atom. The first kappa shape index (κ1) is 15.9. The molecular formula is C18H22N6O. The van der Waals surface area contributed by atoms with Gasteiger partial charge in [-0.1, -0.05) is 18.9 Å². The highest BCUT2D eigenvalue weighted by molar-refractivity contribution is 6.02. The normalized spacial score (nSPS) is 25.5. The van der Waals surface area contributed by atoms with Crippen molar-refractivity contribution in [3.8, 4) is 6.07 Å². The summed E-state index contributed by atoms with van der Waals surface area (Å²) < 4.78 is 0. The Balaban J connectivity index is 1.50. The highest BCUT2D eigenvalue weighted by Gasteiger charge is 2.49. The Kier molecular flexibility index (Phi) is 4.04. The van der Waals surface area contributed by atoms with Gasteiger partial charge in [0.25, 0.3) is 0 Å². The zero-order valence-corrected chi connectivity index (χ0v) is 14.2. The first-order valence-corrected chi connectivity index (χ1v) is 8.93. The van der Waals surface area contributed by atoms with Crippen molar-refractivity contribution in [1.29, 1.82) is 5.26 Å². The Morgan fingerprint density at radius 3 is 2.52 bits per heavy atom. The van der Waals surface area contributed by atoms with E-state index in [1.54, 1.807) is 6.20 Å². The smallest absolute Gasteiger partial charge is 0.246 e. The van der Waals surface area contributed by atoms with Gasteiger partial charge in [-0.15, -0.1) is 0 Å². The molecule has 7 nitrogen and oxygen atoms in total. The molecule has 4 rings (SSSR count). The van der Waals surface area contributed by atoms with Gasteiger partial charge in [0.1, 0.15) is 5.82 Å². The van der Waals surface area contributed by atoms with Crippen molar-refractivity contribution in [2.45, 2.75) is 31.2 Å². The Bertz CT molecular complexity index is 711. The van der Waals surface area contributed by atoms with Gasteiger partial charge in [-0.3, -0.25) is 10.1 Å². The molecule has 1 aromatic rings. The van der Waals surface area contributed by atoms with Gasteiger partial charge >= 0.3 is 0 Å². The van der Waals surface area contributed by atoms with Crippen LogP contribution in [0, 0.1) is 17.2 Å². The lowest BCUT2D eigenvalue weighted by atomic mass is 9.82. The predicted octanol–water partition coefficient (Wildman–Crippen LogP) is 1.14. The van der Waals surface area contributed by atoms with Crippen molar-refractivity contribution < 1.29 is 4.79 Å². The maximum atomic E-state index is 12.5. The standard InChI is InChI=1S/C18H22N6O/c19-13-14-16(25)21-17(22-18(14)6-2-3-7-18)24-11-9-23(10-12-24)15-5-1-4-8-20-15/h1,4-5,8,14H,2-3,6-7,9-12H2,(H,21,22,25)/t14-/m0/s1. The van der Waals surface area contributed by atoms with Crippen molar-refractivity contribution in [3.05, 3.63) is 24.4 Å². The lowest BCUT2D eigenvalue weighted by molar-refractivity contribution is -0.124. The van der Waals surface area contributed by atoms with Crippen LogP contribution in [-0.2, 0) is 4.79 Å². The van der Waals surface area contributed by atoms with E-state index in [2.05, 4.69) is 26.2 Å². The van der Waals surface area contributed by atoms with Gasteiger partial charge in [0, 0.05) is 32.4 Å². The van der Waals surface area contributed by atoms with E-state index in [0.717, 1.165) is 57.7 Å². The fraction of sp³-hybridized carbons (Fsp3) is 0.556. The van der Waals surface area contributed by atoms with Crippen molar-refractivity contribution in [3.63, 3.8) is 0 Å². The number of rotatable bonds is 1. The minimum absolute atomic E-state index is 0.193. The molecule has 25 heavy (non-hydrogen) atoms. The van der Waals surface area contributed by atoms with E-state index < -0.39 is 11.5 Å². The number of anilines is 1. The quantitative estimate of drug-likeness (QED) is 0.830. The van der Waals surface area contributed by atoms with Crippen molar-refractivity contribution in [1.82, 2.24) is 15.2 Å². The molecule has 1 spiro atoms. The number of guanidine groups is 1. The van der Waals surface area contributed by atoms with Crippen LogP contribution in [0.5, 0.6) is 0 Å². The Labute approximate surface area is 147 Å². The molecule has 7 heteroatoms. The van der Waals surface area contributed by atoms with Gasteiger partial charge in [-0.2, -0.15) is 5.26 Å². The maximum Gasteiger partial charge on any atom is 0.246 e. The van der Waals surface area contributed by atoms with E-state index in [9.17, 15) is 10.1 Å². The number of amides is 1. The van der Waals surface area contributed by atoms with Crippen molar-refractivity contribution in [2.75, 3.05) is 31.1 Å². The number of hydrogen-bond acceptors (Lipinski definition) is 6. The van der Waals surface area contributed by atoms with E-state index in [0.29, 0.717) is 5.96 Å². The number of nitrogens with one attached hydrogen (secondary N) is 1. The number of carbonyl (C=O) groups excluding carboxylic acids is 1. The second-order valence-corrected chi connectivity index (χ2v) is 6.96. The molecule has 3 heterocycles. The third kappa shape index (κ3) is 2.82. The first-order valence-electron chi connectivity index (χ1n) is 8.93. The van der Waals surface area contributed by atoms with Gasteiger partial charge in [0.15, 0.2) is 5.92 Å². The fourth-order valence-electron chi connectivity index (χ4n) is 4.13. The summed E-state index contributed by atoms with van der Waals surface area (Å²) in [4.78, 5) is 26.1. The molecule has 1 aliphatic carbocycles. The highest BCUT2D eigenvalue weighted by atomic mass is 16.2. The number of nitriles is 1. The second kappa shape index (κ2) is 6.36. The van der Waals surface area contributed by atoms with E-state index in [1.807, 2.05) is 18.2 Å². The number of nitrogens with zero attached hydrogens (tertiary/aromatic N) is 5. The molecule has 3 aliphatic rings. The van der Waals surface area contributed by atoms with Crippen LogP contribution >= 0.6 is 0 Å². The topological polar surface area (TPSA) is 84.6 Å². The zero-order valence-electron chi connectivity index (χ0n) is 14.2. The lowest BCUT2D eigenvalue weighted by Crippen LogP contribution is -2.59. The SMILES string of the molecule is N#C[C@H]1C(=O)NC(N2CCN(c3ccccn3)CC2)=NC12CCCC2. The van der Waals surface area contributed by atoms with Crippen LogP contribution in [0.15, 0.2) is 29.4 Å². The minimum atomic E-state index is -0.659. The molecule has 1 amide bonds. The first-order chi connectivity index (χ1) is 12.2. The summed E-state index contributed by atoms with van der Waals surface area (Å²) in [7, 11) is 0. The lowest BCUT2D eigenvalue weighted by Gasteiger charge is -2.41. The molecular weight excluding hydrogens is 316 g/mol. The number of piperazine rings is 1. The minimum Gasteiger partial charge on any atom is -0.353 e. The summed E-state index contributed by atoms with van der Waals surface area (Å²) in [6.45, 7) is 3.23. The maximum absolute atomic E-state index is 12.5. The number of aromatic nitrogens is 1. The van der Waals surface area contributed by atoms with E-state index in [-0.39, 0.29) is 5.91 Å². The second-order valence-electron chi connectivity index (χ2n) is 6.96. The molecule has 0 aromatic carbocycles.